The second-order valence-corrected chi connectivity index (χ2v) is 2.77. The van der Waals surface area contributed by atoms with E-state index in [-0.39, 0.29) is 6.08 Å². The SMILES string of the molecule is C=CC(F)(F)C(F)(F)c1ccccc1. The highest BCUT2D eigenvalue weighted by Gasteiger charge is 2.54. The molecule has 0 atom stereocenters. The normalized spacial score (nSPS) is 12.6. The molecule has 0 unspecified atom stereocenters. The quantitative estimate of drug-likeness (QED) is 0.521. The van der Waals surface area contributed by atoms with Crippen molar-refractivity contribution in [2.45, 2.75) is 11.8 Å². The Labute approximate surface area is 78.9 Å². The smallest absolute Gasteiger partial charge is 0.195 e. The number of alkyl halides is 4. The summed E-state index contributed by atoms with van der Waals surface area (Å²) in [7, 11) is 0. The van der Waals surface area contributed by atoms with Gasteiger partial charge in [0, 0.05) is 5.56 Å². The van der Waals surface area contributed by atoms with E-state index in [2.05, 4.69) is 6.58 Å². The molecule has 1 aromatic carbocycles. The van der Waals surface area contributed by atoms with Gasteiger partial charge in [0.25, 0.3) is 0 Å². The maximum absolute atomic E-state index is 13.1. The van der Waals surface area contributed by atoms with E-state index in [0.29, 0.717) is 0 Å². The Hall–Kier alpha value is -1.32. The molecule has 0 aliphatic rings. The number of allylic oxidation sites excluding steroid dienone is 1. The minimum absolute atomic E-state index is 0.0417. The van der Waals surface area contributed by atoms with Crippen molar-refractivity contribution in [2.24, 2.45) is 0 Å². The zero-order chi connectivity index (χ0) is 10.8. The average molecular weight is 204 g/mol. The molecule has 0 aromatic heterocycles. The topological polar surface area (TPSA) is 0 Å². The molecule has 0 spiro atoms. The highest BCUT2D eigenvalue weighted by atomic mass is 19.3. The summed E-state index contributed by atoms with van der Waals surface area (Å²) in [6.07, 6.45) is -0.0417. The first-order valence-corrected chi connectivity index (χ1v) is 3.86. The molecule has 0 saturated heterocycles. The fraction of sp³-hybridized carbons (Fsp3) is 0.200. The van der Waals surface area contributed by atoms with E-state index < -0.39 is 17.4 Å². The standard InChI is InChI=1S/C10H8F4/c1-2-9(11,12)10(13,14)8-6-4-3-5-7-8/h2-7H,1H2. The van der Waals surface area contributed by atoms with Gasteiger partial charge in [0.05, 0.1) is 0 Å². The summed E-state index contributed by atoms with van der Waals surface area (Å²) in [5.41, 5.74) is -0.718. The molecule has 76 valence electrons. The first-order valence-electron chi connectivity index (χ1n) is 3.86. The van der Waals surface area contributed by atoms with Crippen molar-refractivity contribution < 1.29 is 17.6 Å². The van der Waals surface area contributed by atoms with Crippen LogP contribution in [0.4, 0.5) is 17.6 Å². The maximum atomic E-state index is 13.1. The molecule has 0 saturated carbocycles. The minimum Gasteiger partial charge on any atom is -0.195 e. The Morgan fingerprint density at radius 2 is 1.50 bits per heavy atom. The van der Waals surface area contributed by atoms with Gasteiger partial charge in [-0.15, -0.1) is 0 Å². The number of halogens is 4. The first-order chi connectivity index (χ1) is 6.42. The maximum Gasteiger partial charge on any atom is 0.339 e. The van der Waals surface area contributed by atoms with E-state index in [1.807, 2.05) is 0 Å². The molecule has 1 aromatic rings. The Bertz CT molecular complexity index is 316. The highest BCUT2D eigenvalue weighted by molar-refractivity contribution is 5.24. The number of benzene rings is 1. The van der Waals surface area contributed by atoms with Crippen LogP contribution in [-0.2, 0) is 5.92 Å². The van der Waals surface area contributed by atoms with Gasteiger partial charge >= 0.3 is 11.8 Å². The molecule has 0 amide bonds. The molecule has 0 N–H and O–H groups in total. The van der Waals surface area contributed by atoms with Crippen LogP contribution in [0.25, 0.3) is 0 Å². The van der Waals surface area contributed by atoms with Gasteiger partial charge in [-0.3, -0.25) is 0 Å². The van der Waals surface area contributed by atoms with Crippen molar-refractivity contribution in [2.75, 3.05) is 0 Å². The molecule has 0 nitrogen and oxygen atoms in total. The lowest BCUT2D eigenvalue weighted by molar-refractivity contribution is -0.186. The van der Waals surface area contributed by atoms with Crippen LogP contribution < -0.4 is 0 Å². The van der Waals surface area contributed by atoms with Crippen LogP contribution in [0.15, 0.2) is 43.0 Å². The molecular formula is C10H8F4. The van der Waals surface area contributed by atoms with Crippen molar-refractivity contribution in [3.05, 3.63) is 48.6 Å². The number of hydrogen-bond donors (Lipinski definition) is 0. The van der Waals surface area contributed by atoms with Gasteiger partial charge < -0.3 is 0 Å². The van der Waals surface area contributed by atoms with Crippen molar-refractivity contribution in [1.29, 1.82) is 0 Å². The molecule has 1 rings (SSSR count). The molecule has 0 aliphatic carbocycles. The van der Waals surface area contributed by atoms with Crippen LogP contribution in [0.3, 0.4) is 0 Å². The lowest BCUT2D eigenvalue weighted by Crippen LogP contribution is -2.35. The van der Waals surface area contributed by atoms with E-state index in [9.17, 15) is 17.6 Å². The Morgan fingerprint density at radius 3 is 1.93 bits per heavy atom. The van der Waals surface area contributed by atoms with Crippen LogP contribution >= 0.6 is 0 Å². The predicted molar refractivity (Wildman–Crippen MR) is 45.5 cm³/mol. The summed E-state index contributed by atoms with van der Waals surface area (Å²) < 4.78 is 51.7. The summed E-state index contributed by atoms with van der Waals surface area (Å²) >= 11 is 0. The fourth-order valence-electron chi connectivity index (χ4n) is 0.968. The van der Waals surface area contributed by atoms with Crippen molar-refractivity contribution in [3.63, 3.8) is 0 Å². The minimum atomic E-state index is -4.23. The summed E-state index contributed by atoms with van der Waals surface area (Å²) in [6.45, 7) is 2.69. The van der Waals surface area contributed by atoms with Gasteiger partial charge in [0.1, 0.15) is 0 Å². The van der Waals surface area contributed by atoms with E-state index in [4.69, 9.17) is 0 Å². The largest absolute Gasteiger partial charge is 0.339 e. The number of hydrogen-bond acceptors (Lipinski definition) is 0. The predicted octanol–water partition coefficient (Wildman–Crippen LogP) is 3.60. The molecule has 0 bridgehead atoms. The van der Waals surface area contributed by atoms with Crippen LogP contribution in [0, 0.1) is 0 Å². The highest BCUT2D eigenvalue weighted by Crippen LogP contribution is 2.43. The lowest BCUT2D eigenvalue weighted by atomic mass is 10.0. The van der Waals surface area contributed by atoms with Gasteiger partial charge in [0.2, 0.25) is 0 Å². The molecule has 0 aliphatic heterocycles. The lowest BCUT2D eigenvalue weighted by Gasteiger charge is -2.23. The third-order valence-corrected chi connectivity index (χ3v) is 1.81. The molecule has 14 heavy (non-hydrogen) atoms. The van der Waals surface area contributed by atoms with Gasteiger partial charge in [-0.25, -0.2) is 0 Å². The van der Waals surface area contributed by atoms with E-state index in [0.717, 1.165) is 12.1 Å². The fourth-order valence-corrected chi connectivity index (χ4v) is 0.968. The molecule has 0 heterocycles. The van der Waals surface area contributed by atoms with Crippen molar-refractivity contribution >= 4 is 0 Å². The second kappa shape index (κ2) is 3.44. The zero-order valence-corrected chi connectivity index (χ0v) is 7.18. The van der Waals surface area contributed by atoms with Gasteiger partial charge in [-0.05, 0) is 6.08 Å². The molecular weight excluding hydrogens is 196 g/mol. The van der Waals surface area contributed by atoms with E-state index >= 15 is 0 Å². The molecule has 0 fully saturated rings. The second-order valence-electron chi connectivity index (χ2n) is 2.77. The summed E-state index contributed by atoms with van der Waals surface area (Å²) in [6, 6.07) is 5.95. The zero-order valence-electron chi connectivity index (χ0n) is 7.18. The summed E-state index contributed by atoms with van der Waals surface area (Å²) in [5.74, 6) is -8.44. The van der Waals surface area contributed by atoms with Crippen LogP contribution in [0.5, 0.6) is 0 Å². The average Bonchev–Trinajstić information content (AvgIpc) is 2.19. The first kappa shape index (κ1) is 10.8. The van der Waals surface area contributed by atoms with E-state index in [1.165, 1.54) is 18.2 Å². The monoisotopic (exact) mass is 204 g/mol. The third-order valence-electron chi connectivity index (χ3n) is 1.81. The molecule has 0 radical (unpaired) electrons. The Kier molecular flexibility index (Phi) is 2.64. The van der Waals surface area contributed by atoms with Crippen molar-refractivity contribution in [1.82, 2.24) is 0 Å². The summed E-state index contributed by atoms with van der Waals surface area (Å²) in [5, 5.41) is 0. The Morgan fingerprint density at radius 1 is 1.00 bits per heavy atom. The molecule has 4 heteroatoms. The van der Waals surface area contributed by atoms with E-state index in [1.54, 1.807) is 0 Å². The number of rotatable bonds is 3. The van der Waals surface area contributed by atoms with Crippen LogP contribution in [0.2, 0.25) is 0 Å². The van der Waals surface area contributed by atoms with Crippen LogP contribution in [-0.4, -0.2) is 5.92 Å². The third kappa shape index (κ3) is 1.64. The van der Waals surface area contributed by atoms with Gasteiger partial charge in [0.15, 0.2) is 0 Å². The van der Waals surface area contributed by atoms with Gasteiger partial charge in [-0.2, -0.15) is 17.6 Å². The van der Waals surface area contributed by atoms with Crippen LogP contribution in [0.1, 0.15) is 5.56 Å². The van der Waals surface area contributed by atoms with Gasteiger partial charge in [-0.1, -0.05) is 36.9 Å². The Balaban J connectivity index is 3.14. The van der Waals surface area contributed by atoms with Crippen molar-refractivity contribution in [3.8, 4) is 0 Å². The summed E-state index contributed by atoms with van der Waals surface area (Å²) in [4.78, 5) is 0.